The van der Waals surface area contributed by atoms with Crippen molar-refractivity contribution in [3.63, 3.8) is 0 Å². The minimum atomic E-state index is -0.580. The highest BCUT2D eigenvalue weighted by Crippen LogP contribution is 2.32. The van der Waals surface area contributed by atoms with Gasteiger partial charge in [0.15, 0.2) is 0 Å². The van der Waals surface area contributed by atoms with Crippen LogP contribution in [0.3, 0.4) is 0 Å². The Morgan fingerprint density at radius 3 is 2.58 bits per heavy atom. The maximum atomic E-state index is 12.4. The Bertz CT molecular complexity index is 1110. The number of rotatable bonds is 5. The number of ether oxygens (including phenoxy) is 1. The molecule has 0 aliphatic carbocycles. The molecule has 1 amide bonds. The van der Waals surface area contributed by atoms with Crippen LogP contribution in [0.4, 0.5) is 10.5 Å². The second-order valence-corrected chi connectivity index (χ2v) is 9.02. The molecular formula is C23H24ClN3O3S. The lowest BCUT2D eigenvalue weighted by Gasteiger charge is -2.19. The summed E-state index contributed by atoms with van der Waals surface area (Å²) in [4.78, 5) is 25.4. The number of aromatic nitrogens is 1. The molecule has 8 heteroatoms. The van der Waals surface area contributed by atoms with Gasteiger partial charge < -0.3 is 10.1 Å². The van der Waals surface area contributed by atoms with Gasteiger partial charge in [0.1, 0.15) is 5.60 Å². The maximum absolute atomic E-state index is 12.4. The Morgan fingerprint density at radius 1 is 1.16 bits per heavy atom. The van der Waals surface area contributed by atoms with Crippen molar-refractivity contribution in [1.29, 1.82) is 0 Å². The van der Waals surface area contributed by atoms with E-state index in [1.165, 1.54) is 4.57 Å². The highest BCUT2D eigenvalue weighted by molar-refractivity contribution is 7.97. The van der Waals surface area contributed by atoms with Crippen molar-refractivity contribution in [2.75, 3.05) is 5.32 Å². The average molecular weight is 458 g/mol. The van der Waals surface area contributed by atoms with E-state index < -0.39 is 11.7 Å². The zero-order valence-corrected chi connectivity index (χ0v) is 19.1. The summed E-state index contributed by atoms with van der Waals surface area (Å²) in [6, 6.07) is 14.5. The normalized spacial score (nSPS) is 11.3. The van der Waals surface area contributed by atoms with E-state index in [1.807, 2.05) is 51.1 Å². The third-order valence-corrected chi connectivity index (χ3v) is 5.27. The molecule has 0 aliphatic heterocycles. The second kappa shape index (κ2) is 9.60. The number of carbonyl (C=O) groups is 2. The number of amides is 1. The Balaban J connectivity index is 1.75. The van der Waals surface area contributed by atoms with Crippen molar-refractivity contribution in [3.05, 3.63) is 71.5 Å². The van der Waals surface area contributed by atoms with Gasteiger partial charge in [0.05, 0.1) is 6.42 Å². The van der Waals surface area contributed by atoms with Gasteiger partial charge in [0.2, 0.25) is 5.91 Å². The van der Waals surface area contributed by atoms with Crippen LogP contribution >= 0.6 is 23.5 Å². The molecule has 3 rings (SSSR count). The highest BCUT2D eigenvalue weighted by Gasteiger charge is 2.18. The van der Waals surface area contributed by atoms with E-state index in [9.17, 15) is 9.59 Å². The molecule has 0 spiro atoms. The van der Waals surface area contributed by atoms with Gasteiger partial charge in [-0.2, -0.15) is 0 Å². The Kier molecular flexibility index (Phi) is 7.10. The zero-order chi connectivity index (χ0) is 22.6. The van der Waals surface area contributed by atoms with Gasteiger partial charge in [-0.15, -0.1) is 0 Å². The third kappa shape index (κ3) is 6.13. The van der Waals surface area contributed by atoms with Crippen LogP contribution in [0.2, 0.25) is 5.02 Å². The Hall–Kier alpha value is -2.74. The van der Waals surface area contributed by atoms with E-state index in [1.54, 1.807) is 30.6 Å². The molecule has 6 nitrogen and oxygen atoms in total. The smallest absolute Gasteiger partial charge is 0.418 e. The first-order valence-corrected chi connectivity index (χ1v) is 10.9. The number of benzene rings is 2. The van der Waals surface area contributed by atoms with Crippen LogP contribution in [0.15, 0.2) is 65.8 Å². The number of halogens is 1. The first-order chi connectivity index (χ1) is 14.7. The van der Waals surface area contributed by atoms with Gasteiger partial charge in [0, 0.05) is 33.6 Å². The van der Waals surface area contributed by atoms with Crippen LogP contribution in [0.5, 0.6) is 0 Å². The van der Waals surface area contributed by atoms with Crippen LogP contribution in [0.1, 0.15) is 26.3 Å². The quantitative estimate of drug-likeness (QED) is 0.477. The molecule has 0 aliphatic rings. The average Bonchev–Trinajstić information content (AvgIpc) is 3.18. The molecule has 0 radical (unpaired) electrons. The van der Waals surface area contributed by atoms with E-state index in [0.29, 0.717) is 10.7 Å². The monoisotopic (exact) mass is 457 g/mol. The number of nitrogens with zero attached hydrogens (tertiary/aromatic N) is 1. The Morgan fingerprint density at radius 2 is 1.90 bits per heavy atom. The number of nitrogens with one attached hydrogen (secondary N) is 1. The van der Waals surface area contributed by atoms with Crippen LogP contribution < -0.4 is 10.5 Å². The minimum Gasteiger partial charge on any atom is -0.443 e. The summed E-state index contributed by atoms with van der Waals surface area (Å²) < 4.78 is 6.78. The van der Waals surface area contributed by atoms with Gasteiger partial charge in [-0.1, -0.05) is 35.9 Å². The lowest BCUT2D eigenvalue weighted by atomic mass is 10.1. The molecule has 3 N–H and O–H groups in total. The number of nitrogens with two attached hydrogens (primary N) is 1. The molecule has 0 unspecified atom stereocenters. The molecule has 0 saturated heterocycles. The standard InChI is InChI=1S/C23H24ClN3O3S/c1-23(2,3)30-22(29)27-11-10-16(14-27)18-9-8-17(13-20(18)31-25)26-21(28)12-15-6-4-5-7-19(15)24/h4-11,13-14H,12,25H2,1-3H3,(H,26,28). The minimum absolute atomic E-state index is 0.172. The van der Waals surface area contributed by atoms with Gasteiger partial charge in [0.25, 0.3) is 0 Å². The van der Waals surface area contributed by atoms with Gasteiger partial charge in [-0.25, -0.2) is 4.79 Å². The first-order valence-electron chi connectivity index (χ1n) is 9.62. The van der Waals surface area contributed by atoms with E-state index in [2.05, 4.69) is 5.32 Å². The summed E-state index contributed by atoms with van der Waals surface area (Å²) in [7, 11) is 0. The summed E-state index contributed by atoms with van der Waals surface area (Å²) in [6.45, 7) is 5.45. The second-order valence-electron chi connectivity index (χ2n) is 7.93. The van der Waals surface area contributed by atoms with E-state index in [0.717, 1.165) is 33.5 Å². The summed E-state index contributed by atoms with van der Waals surface area (Å²) in [6.07, 6.45) is 3.06. The number of carbonyl (C=O) groups excluding carboxylic acids is 2. The van der Waals surface area contributed by atoms with E-state index >= 15 is 0 Å². The molecule has 0 bridgehead atoms. The lowest BCUT2D eigenvalue weighted by Crippen LogP contribution is -2.26. The summed E-state index contributed by atoms with van der Waals surface area (Å²) in [5.74, 6) is -0.176. The topological polar surface area (TPSA) is 86.3 Å². The highest BCUT2D eigenvalue weighted by atomic mass is 35.5. The third-order valence-electron chi connectivity index (χ3n) is 4.31. The summed E-state index contributed by atoms with van der Waals surface area (Å²) in [5, 5.41) is 9.30. The predicted molar refractivity (Wildman–Crippen MR) is 125 cm³/mol. The largest absolute Gasteiger partial charge is 0.443 e. The molecule has 0 fully saturated rings. The van der Waals surface area contributed by atoms with Crippen molar-refractivity contribution in [2.45, 2.75) is 37.7 Å². The molecule has 162 valence electrons. The number of anilines is 1. The van der Waals surface area contributed by atoms with Gasteiger partial charge >= 0.3 is 6.09 Å². The summed E-state index contributed by atoms with van der Waals surface area (Å²) in [5.41, 5.74) is 2.46. The molecule has 2 aromatic carbocycles. The number of hydrogen-bond donors (Lipinski definition) is 2. The molecule has 0 saturated carbocycles. The van der Waals surface area contributed by atoms with Crippen LogP contribution in [-0.2, 0) is 16.0 Å². The van der Waals surface area contributed by atoms with E-state index in [-0.39, 0.29) is 12.3 Å². The van der Waals surface area contributed by atoms with E-state index in [4.69, 9.17) is 21.5 Å². The lowest BCUT2D eigenvalue weighted by molar-refractivity contribution is -0.115. The SMILES string of the molecule is CC(C)(C)OC(=O)n1ccc(-c2ccc(NC(=O)Cc3ccccc3Cl)cc2SN)c1. The maximum Gasteiger partial charge on any atom is 0.418 e. The zero-order valence-electron chi connectivity index (χ0n) is 17.5. The van der Waals surface area contributed by atoms with Gasteiger partial charge in [-0.3, -0.25) is 14.5 Å². The van der Waals surface area contributed by atoms with Crippen molar-refractivity contribution in [1.82, 2.24) is 4.57 Å². The number of hydrogen-bond acceptors (Lipinski definition) is 5. The molecule has 31 heavy (non-hydrogen) atoms. The molecular weight excluding hydrogens is 434 g/mol. The van der Waals surface area contributed by atoms with Gasteiger partial charge in [-0.05, 0) is 68.1 Å². The molecule has 0 atom stereocenters. The van der Waals surface area contributed by atoms with Crippen LogP contribution in [0, 0.1) is 0 Å². The molecule has 3 aromatic rings. The van der Waals surface area contributed by atoms with Crippen LogP contribution in [0.25, 0.3) is 11.1 Å². The molecule has 1 aromatic heterocycles. The van der Waals surface area contributed by atoms with Crippen molar-refractivity contribution < 1.29 is 14.3 Å². The van der Waals surface area contributed by atoms with Crippen molar-refractivity contribution >= 4 is 41.2 Å². The fourth-order valence-electron chi connectivity index (χ4n) is 2.94. The fraction of sp³-hybridized carbons (Fsp3) is 0.217. The first kappa shape index (κ1) is 22.9. The Labute approximate surface area is 190 Å². The van der Waals surface area contributed by atoms with Crippen LogP contribution in [-0.4, -0.2) is 22.2 Å². The molecule has 1 heterocycles. The summed E-state index contributed by atoms with van der Waals surface area (Å²) >= 11 is 7.20. The fourth-order valence-corrected chi connectivity index (χ4v) is 3.65. The van der Waals surface area contributed by atoms with Crippen molar-refractivity contribution in [2.24, 2.45) is 5.14 Å². The predicted octanol–water partition coefficient (Wildman–Crippen LogP) is 5.74. The van der Waals surface area contributed by atoms with Crippen molar-refractivity contribution in [3.8, 4) is 11.1 Å².